The second-order valence-corrected chi connectivity index (χ2v) is 7.87. The molecule has 0 aromatic carbocycles. The average molecular weight is 270 g/mol. The van der Waals surface area contributed by atoms with E-state index in [9.17, 15) is 4.79 Å². The van der Waals surface area contributed by atoms with Crippen LogP contribution in [0.5, 0.6) is 0 Å². The van der Waals surface area contributed by atoms with Gasteiger partial charge in [0.2, 0.25) is 5.91 Å². The lowest BCUT2D eigenvalue weighted by Crippen LogP contribution is -2.55. The van der Waals surface area contributed by atoms with Crippen molar-refractivity contribution in [2.75, 3.05) is 0 Å². The van der Waals surface area contributed by atoms with Crippen LogP contribution in [0.15, 0.2) is 0 Å². The van der Waals surface area contributed by atoms with Crippen LogP contribution in [0.2, 0.25) is 0 Å². The third kappa shape index (κ3) is 3.41. The number of amides is 1. The minimum absolute atomic E-state index is 0.315. The summed E-state index contributed by atoms with van der Waals surface area (Å²) in [5.74, 6) is 0.545. The summed E-state index contributed by atoms with van der Waals surface area (Å²) in [7, 11) is 0. The molecule has 4 atom stereocenters. The van der Waals surface area contributed by atoms with Crippen molar-refractivity contribution in [1.29, 1.82) is 0 Å². The van der Waals surface area contributed by atoms with Gasteiger partial charge in [0.25, 0.3) is 0 Å². The Bertz CT molecular complexity index is 310. The van der Waals surface area contributed by atoms with Crippen molar-refractivity contribution in [3.63, 3.8) is 0 Å². The van der Waals surface area contributed by atoms with Crippen LogP contribution < -0.4 is 11.5 Å². The van der Waals surface area contributed by atoms with E-state index in [4.69, 9.17) is 11.5 Å². The van der Waals surface area contributed by atoms with Crippen molar-refractivity contribution < 1.29 is 4.79 Å². The molecule has 0 radical (unpaired) electrons. The maximum Gasteiger partial charge on any atom is 0.237 e. The molecule has 0 aromatic rings. The van der Waals surface area contributed by atoms with Crippen molar-refractivity contribution in [3.8, 4) is 0 Å². The van der Waals surface area contributed by atoms with E-state index in [0.717, 1.165) is 30.4 Å². The monoisotopic (exact) mass is 270 g/mol. The highest BCUT2D eigenvalue weighted by Crippen LogP contribution is 2.40. The molecule has 4 N–H and O–H groups in total. The third-order valence-electron chi connectivity index (χ3n) is 4.50. The van der Waals surface area contributed by atoms with Crippen LogP contribution in [0.3, 0.4) is 0 Å². The fourth-order valence-corrected chi connectivity index (χ4v) is 5.35. The molecule has 18 heavy (non-hydrogen) atoms. The Balaban J connectivity index is 1.87. The third-order valence-corrected chi connectivity index (χ3v) is 6.11. The first kappa shape index (κ1) is 14.2. The number of hydrogen-bond acceptors (Lipinski definition) is 3. The van der Waals surface area contributed by atoms with Crippen molar-refractivity contribution in [3.05, 3.63) is 0 Å². The van der Waals surface area contributed by atoms with E-state index in [1.54, 1.807) is 0 Å². The Morgan fingerprint density at radius 2 is 1.94 bits per heavy atom. The highest BCUT2D eigenvalue weighted by Gasteiger charge is 2.38. The minimum Gasteiger partial charge on any atom is -0.368 e. The number of carbonyl (C=O) groups excluding carboxylic acids is 1. The van der Waals surface area contributed by atoms with Gasteiger partial charge in [-0.15, -0.1) is 0 Å². The predicted molar refractivity (Wildman–Crippen MR) is 77.4 cm³/mol. The van der Waals surface area contributed by atoms with Gasteiger partial charge < -0.3 is 11.5 Å². The summed E-state index contributed by atoms with van der Waals surface area (Å²) in [4.78, 5) is 11.5. The summed E-state index contributed by atoms with van der Waals surface area (Å²) in [5.41, 5.74) is 10.8. The summed E-state index contributed by atoms with van der Waals surface area (Å²) < 4.78 is 0. The van der Waals surface area contributed by atoms with Gasteiger partial charge in [0, 0.05) is 10.5 Å². The van der Waals surface area contributed by atoms with Crippen molar-refractivity contribution in [2.45, 2.75) is 74.3 Å². The highest BCUT2D eigenvalue weighted by molar-refractivity contribution is 8.00. The molecule has 0 spiro atoms. The van der Waals surface area contributed by atoms with Crippen LogP contribution in [0.1, 0.15) is 58.3 Å². The maximum absolute atomic E-state index is 11.5. The lowest BCUT2D eigenvalue weighted by molar-refractivity contribution is -0.124. The van der Waals surface area contributed by atoms with Gasteiger partial charge in [-0.1, -0.05) is 19.8 Å². The molecule has 0 aliphatic heterocycles. The van der Waals surface area contributed by atoms with E-state index >= 15 is 0 Å². The van der Waals surface area contributed by atoms with Crippen LogP contribution in [0.4, 0.5) is 0 Å². The molecule has 3 nitrogen and oxygen atoms in total. The molecular formula is C14H26N2OS. The zero-order chi connectivity index (χ0) is 13.2. The van der Waals surface area contributed by atoms with E-state index in [-0.39, 0.29) is 5.91 Å². The molecule has 0 heterocycles. The molecule has 4 heteroatoms. The normalized spacial score (nSPS) is 41.6. The molecular weight excluding hydrogens is 244 g/mol. The van der Waals surface area contributed by atoms with Gasteiger partial charge in [-0.3, -0.25) is 4.79 Å². The summed E-state index contributed by atoms with van der Waals surface area (Å²) in [6.45, 7) is 2.35. The van der Waals surface area contributed by atoms with Gasteiger partial charge in [-0.25, -0.2) is 0 Å². The number of carbonyl (C=O) groups is 1. The fourth-order valence-electron chi connectivity index (χ4n) is 3.37. The Labute approximate surface area is 114 Å². The quantitative estimate of drug-likeness (QED) is 0.827. The lowest BCUT2D eigenvalue weighted by Gasteiger charge is -2.37. The van der Waals surface area contributed by atoms with E-state index in [2.05, 4.69) is 18.7 Å². The number of hydrogen-bond donors (Lipinski definition) is 2. The molecule has 0 aromatic heterocycles. The average Bonchev–Trinajstić information content (AvgIpc) is 2.29. The van der Waals surface area contributed by atoms with E-state index in [0.29, 0.717) is 5.25 Å². The number of rotatable bonds is 3. The Morgan fingerprint density at radius 3 is 2.61 bits per heavy atom. The van der Waals surface area contributed by atoms with Crippen molar-refractivity contribution >= 4 is 17.7 Å². The van der Waals surface area contributed by atoms with Gasteiger partial charge >= 0.3 is 0 Å². The summed E-state index contributed by atoms with van der Waals surface area (Å²) >= 11 is 2.08. The molecule has 2 fully saturated rings. The molecule has 0 saturated heterocycles. The zero-order valence-electron chi connectivity index (χ0n) is 11.4. The van der Waals surface area contributed by atoms with Gasteiger partial charge in [0.15, 0.2) is 0 Å². The SMILES string of the molecule is CC1CCCC(SC2CCCC(N)(C(N)=O)C2)C1. The summed E-state index contributed by atoms with van der Waals surface area (Å²) in [5, 5.41) is 1.31. The number of nitrogens with two attached hydrogens (primary N) is 2. The Kier molecular flexibility index (Phi) is 4.59. The first-order chi connectivity index (χ1) is 8.49. The van der Waals surface area contributed by atoms with Crippen LogP contribution in [0, 0.1) is 5.92 Å². The highest BCUT2D eigenvalue weighted by atomic mass is 32.2. The van der Waals surface area contributed by atoms with Crippen LogP contribution in [-0.2, 0) is 4.79 Å². The smallest absolute Gasteiger partial charge is 0.237 e. The summed E-state index contributed by atoms with van der Waals surface area (Å²) in [6.07, 6.45) is 9.17. The molecule has 104 valence electrons. The van der Waals surface area contributed by atoms with Crippen molar-refractivity contribution in [1.82, 2.24) is 0 Å². The van der Waals surface area contributed by atoms with Gasteiger partial charge in [0.05, 0.1) is 5.54 Å². The number of primary amides is 1. The molecule has 4 unspecified atom stereocenters. The Hall–Kier alpha value is -0.220. The standard InChI is InChI=1S/C14H26N2OS/c1-10-4-2-5-11(8-10)18-12-6-3-7-14(16,9-12)13(15)17/h10-12H,2-9,16H2,1H3,(H2,15,17). The number of thioether (sulfide) groups is 1. The molecule has 0 bridgehead atoms. The molecule has 2 aliphatic rings. The molecule has 2 aliphatic carbocycles. The second kappa shape index (κ2) is 5.83. The molecule has 2 saturated carbocycles. The topological polar surface area (TPSA) is 69.1 Å². The molecule has 2 rings (SSSR count). The van der Waals surface area contributed by atoms with Crippen LogP contribution in [-0.4, -0.2) is 21.9 Å². The fraction of sp³-hybridized carbons (Fsp3) is 0.929. The molecule has 1 amide bonds. The first-order valence-corrected chi connectivity index (χ1v) is 8.18. The Morgan fingerprint density at radius 1 is 1.22 bits per heavy atom. The largest absolute Gasteiger partial charge is 0.368 e. The van der Waals surface area contributed by atoms with Gasteiger partial charge in [-0.05, 0) is 44.4 Å². The zero-order valence-corrected chi connectivity index (χ0v) is 12.2. The van der Waals surface area contributed by atoms with Crippen molar-refractivity contribution in [2.24, 2.45) is 17.4 Å². The second-order valence-electron chi connectivity index (χ2n) is 6.27. The first-order valence-electron chi connectivity index (χ1n) is 7.24. The van der Waals surface area contributed by atoms with E-state index < -0.39 is 5.54 Å². The van der Waals surface area contributed by atoms with Gasteiger partial charge in [-0.2, -0.15) is 11.8 Å². The van der Waals surface area contributed by atoms with E-state index in [1.807, 2.05) is 0 Å². The lowest BCUT2D eigenvalue weighted by atomic mass is 9.82. The van der Waals surface area contributed by atoms with Crippen LogP contribution >= 0.6 is 11.8 Å². The summed E-state index contributed by atoms with van der Waals surface area (Å²) in [6, 6.07) is 0. The van der Waals surface area contributed by atoms with Crippen LogP contribution in [0.25, 0.3) is 0 Å². The minimum atomic E-state index is -0.740. The maximum atomic E-state index is 11.5. The predicted octanol–water partition coefficient (Wildman–Crippen LogP) is 2.42. The van der Waals surface area contributed by atoms with E-state index in [1.165, 1.54) is 32.1 Å². The van der Waals surface area contributed by atoms with Gasteiger partial charge in [0.1, 0.15) is 0 Å².